The van der Waals surface area contributed by atoms with Crippen LogP contribution in [0.2, 0.25) is 0 Å². The van der Waals surface area contributed by atoms with Crippen molar-refractivity contribution in [3.8, 4) is 11.5 Å². The first-order valence-electron chi connectivity index (χ1n) is 9.55. The van der Waals surface area contributed by atoms with Crippen molar-refractivity contribution in [1.82, 2.24) is 10.3 Å². The third kappa shape index (κ3) is 3.47. The Hall–Kier alpha value is -3.25. The Morgan fingerprint density at radius 1 is 1.10 bits per heavy atom. The van der Waals surface area contributed by atoms with Gasteiger partial charge in [-0.25, -0.2) is 0 Å². The summed E-state index contributed by atoms with van der Waals surface area (Å²) in [6.07, 6.45) is 1.38. The fourth-order valence-corrected chi connectivity index (χ4v) is 4.55. The number of para-hydroxylation sites is 3. The maximum absolute atomic E-state index is 12.8. The van der Waals surface area contributed by atoms with E-state index in [2.05, 4.69) is 33.9 Å². The number of rotatable bonds is 5. The Kier molecular flexibility index (Phi) is 4.69. The predicted octanol–water partition coefficient (Wildman–Crippen LogP) is 4.32. The van der Waals surface area contributed by atoms with Crippen LogP contribution in [-0.2, 0) is 4.79 Å². The maximum Gasteiger partial charge on any atom is 0.264 e. The molecule has 4 aromatic rings. The van der Waals surface area contributed by atoms with Gasteiger partial charge in [-0.05, 0) is 35.2 Å². The van der Waals surface area contributed by atoms with E-state index in [1.807, 2.05) is 48.7 Å². The van der Waals surface area contributed by atoms with Crippen LogP contribution in [0.25, 0.3) is 10.9 Å². The molecule has 2 N–H and O–H groups in total. The summed E-state index contributed by atoms with van der Waals surface area (Å²) in [5.74, 6) is 1.17. The molecule has 0 bridgehead atoms. The Balaban J connectivity index is 1.35. The average molecular weight is 404 g/mol. The molecule has 1 aliphatic heterocycles. The molecule has 0 saturated carbocycles. The number of amides is 1. The summed E-state index contributed by atoms with van der Waals surface area (Å²) in [6.45, 7) is 0.697. The monoisotopic (exact) mass is 404 g/mol. The molecule has 5 rings (SSSR count). The van der Waals surface area contributed by atoms with E-state index in [4.69, 9.17) is 9.47 Å². The van der Waals surface area contributed by atoms with Crippen molar-refractivity contribution in [3.05, 3.63) is 82.7 Å². The Bertz CT molecular complexity index is 1140. The molecule has 1 aliphatic rings. The second-order valence-corrected chi connectivity index (χ2v) is 7.95. The van der Waals surface area contributed by atoms with Crippen molar-refractivity contribution < 1.29 is 14.3 Å². The molecule has 0 spiro atoms. The normalized spacial score (nSPS) is 16.5. The van der Waals surface area contributed by atoms with Gasteiger partial charge in [-0.2, -0.15) is 0 Å². The average Bonchev–Trinajstić information content (AvgIpc) is 3.44. The maximum atomic E-state index is 12.8. The smallest absolute Gasteiger partial charge is 0.264 e. The molecule has 2 atom stereocenters. The number of fused-ring (bicyclic) bond motifs is 2. The third-order valence-electron chi connectivity index (χ3n) is 5.16. The number of carbonyl (C=O) groups excluding carboxylic acids is 1. The van der Waals surface area contributed by atoms with Crippen LogP contribution in [0.3, 0.4) is 0 Å². The van der Waals surface area contributed by atoms with Gasteiger partial charge in [-0.1, -0.05) is 36.4 Å². The number of aromatic nitrogens is 1. The van der Waals surface area contributed by atoms with Crippen LogP contribution in [0.1, 0.15) is 16.4 Å². The molecule has 1 amide bonds. The lowest BCUT2D eigenvalue weighted by molar-refractivity contribution is -0.130. The molecular formula is C23H20N2O3S. The van der Waals surface area contributed by atoms with Gasteiger partial charge in [0.2, 0.25) is 6.10 Å². The first kappa shape index (κ1) is 17.8. The zero-order valence-corrected chi connectivity index (χ0v) is 16.4. The number of thiophene rings is 1. The predicted molar refractivity (Wildman–Crippen MR) is 114 cm³/mol. The molecule has 0 radical (unpaired) electrons. The molecule has 0 saturated heterocycles. The van der Waals surface area contributed by atoms with E-state index >= 15 is 0 Å². The Morgan fingerprint density at radius 2 is 1.93 bits per heavy atom. The van der Waals surface area contributed by atoms with E-state index in [0.717, 1.165) is 5.52 Å². The fraction of sp³-hybridized carbons (Fsp3) is 0.174. The highest BCUT2D eigenvalue weighted by atomic mass is 32.1. The Labute approximate surface area is 172 Å². The number of nitrogens with one attached hydrogen (secondary N) is 2. The van der Waals surface area contributed by atoms with Crippen LogP contribution in [0.4, 0.5) is 0 Å². The molecule has 0 fully saturated rings. The van der Waals surface area contributed by atoms with Crippen molar-refractivity contribution in [2.24, 2.45) is 0 Å². The minimum Gasteiger partial charge on any atom is -0.485 e. The van der Waals surface area contributed by atoms with Gasteiger partial charge in [0, 0.05) is 34.4 Å². The van der Waals surface area contributed by atoms with Crippen LogP contribution in [-0.4, -0.2) is 30.1 Å². The van der Waals surface area contributed by atoms with Crippen LogP contribution in [0, 0.1) is 0 Å². The van der Waals surface area contributed by atoms with Crippen molar-refractivity contribution >= 4 is 28.1 Å². The van der Waals surface area contributed by atoms with Gasteiger partial charge in [0.15, 0.2) is 11.5 Å². The first-order valence-corrected chi connectivity index (χ1v) is 10.4. The van der Waals surface area contributed by atoms with Crippen molar-refractivity contribution in [3.63, 3.8) is 0 Å². The quantitative estimate of drug-likeness (QED) is 0.521. The van der Waals surface area contributed by atoms with Gasteiger partial charge < -0.3 is 19.8 Å². The topological polar surface area (TPSA) is 63.4 Å². The number of benzene rings is 2. The molecule has 146 valence electrons. The van der Waals surface area contributed by atoms with E-state index in [0.29, 0.717) is 18.0 Å². The molecule has 29 heavy (non-hydrogen) atoms. The van der Waals surface area contributed by atoms with Gasteiger partial charge >= 0.3 is 0 Å². The van der Waals surface area contributed by atoms with Gasteiger partial charge in [0.05, 0.1) is 0 Å². The highest BCUT2D eigenvalue weighted by Gasteiger charge is 2.28. The third-order valence-corrected chi connectivity index (χ3v) is 6.15. The van der Waals surface area contributed by atoms with Crippen molar-refractivity contribution in [1.29, 1.82) is 0 Å². The summed E-state index contributed by atoms with van der Waals surface area (Å²) in [5, 5.41) is 6.31. The molecule has 2 aromatic carbocycles. The number of ether oxygens (including phenoxy) is 2. The van der Waals surface area contributed by atoms with E-state index < -0.39 is 6.10 Å². The lowest BCUT2D eigenvalue weighted by atomic mass is 9.96. The number of aromatic amines is 1. The van der Waals surface area contributed by atoms with Gasteiger partial charge in [-0.3, -0.25) is 4.79 Å². The van der Waals surface area contributed by atoms with Crippen LogP contribution < -0.4 is 14.8 Å². The molecule has 2 aromatic heterocycles. The largest absolute Gasteiger partial charge is 0.485 e. The van der Waals surface area contributed by atoms with E-state index in [-0.39, 0.29) is 18.4 Å². The van der Waals surface area contributed by atoms with Gasteiger partial charge in [0.25, 0.3) is 5.91 Å². The zero-order chi connectivity index (χ0) is 19.6. The number of H-pyrrole nitrogens is 1. The lowest BCUT2D eigenvalue weighted by Crippen LogP contribution is -2.45. The van der Waals surface area contributed by atoms with Gasteiger partial charge in [0.1, 0.15) is 6.61 Å². The lowest BCUT2D eigenvalue weighted by Gasteiger charge is -2.26. The highest BCUT2D eigenvalue weighted by molar-refractivity contribution is 7.10. The van der Waals surface area contributed by atoms with E-state index in [1.165, 1.54) is 15.8 Å². The number of carbonyl (C=O) groups is 1. The summed E-state index contributed by atoms with van der Waals surface area (Å²) in [7, 11) is 0. The summed E-state index contributed by atoms with van der Waals surface area (Å²) in [4.78, 5) is 17.3. The van der Waals surface area contributed by atoms with Gasteiger partial charge in [-0.15, -0.1) is 11.3 Å². The zero-order valence-electron chi connectivity index (χ0n) is 15.6. The summed E-state index contributed by atoms with van der Waals surface area (Å²) in [5.41, 5.74) is 2.27. The van der Waals surface area contributed by atoms with Crippen molar-refractivity contribution in [2.75, 3.05) is 13.2 Å². The van der Waals surface area contributed by atoms with Crippen LogP contribution in [0.5, 0.6) is 11.5 Å². The summed E-state index contributed by atoms with van der Waals surface area (Å²) in [6, 6.07) is 19.8. The van der Waals surface area contributed by atoms with E-state index in [1.54, 1.807) is 11.3 Å². The molecule has 5 nitrogen and oxygen atoms in total. The molecular weight excluding hydrogens is 384 g/mol. The summed E-state index contributed by atoms with van der Waals surface area (Å²) < 4.78 is 11.5. The SMILES string of the molecule is O=C(NC[C@H](c1cccs1)c1c[nH]c2ccccc12)[C@H]1COc2ccccc2O1. The molecule has 6 heteroatoms. The van der Waals surface area contributed by atoms with Crippen LogP contribution >= 0.6 is 11.3 Å². The number of hydrogen-bond acceptors (Lipinski definition) is 4. The highest BCUT2D eigenvalue weighted by Crippen LogP contribution is 2.33. The molecule has 3 heterocycles. The minimum absolute atomic E-state index is 0.0619. The minimum atomic E-state index is -0.656. The Morgan fingerprint density at radius 3 is 2.79 bits per heavy atom. The molecule has 0 unspecified atom stereocenters. The molecule has 0 aliphatic carbocycles. The first-order chi connectivity index (χ1) is 14.3. The standard InChI is InChI=1S/C23H20N2O3S/c26-23(21-14-27-19-8-3-4-9-20(19)28-21)25-13-17(22-10-5-11-29-22)16-12-24-18-7-2-1-6-15(16)18/h1-12,17,21,24H,13-14H2,(H,25,26)/t17-,21+/m0/s1. The summed E-state index contributed by atoms with van der Waals surface area (Å²) >= 11 is 1.69. The second kappa shape index (κ2) is 7.64. The number of hydrogen-bond donors (Lipinski definition) is 2. The van der Waals surface area contributed by atoms with Crippen molar-refractivity contribution in [2.45, 2.75) is 12.0 Å². The second-order valence-electron chi connectivity index (χ2n) is 6.97. The van der Waals surface area contributed by atoms with Crippen LogP contribution in [0.15, 0.2) is 72.2 Å². The van der Waals surface area contributed by atoms with E-state index in [9.17, 15) is 4.79 Å². The fourth-order valence-electron chi connectivity index (χ4n) is 3.70.